The van der Waals surface area contributed by atoms with Crippen molar-refractivity contribution in [3.63, 3.8) is 0 Å². The number of nitro groups is 1. The minimum Gasteiger partial charge on any atom is -0.333 e. The summed E-state index contributed by atoms with van der Waals surface area (Å²) in [7, 11) is 0. The standard InChI is InChI=1S/C13H7N5O3S/c19-18(20)9-5-6-10(12-11(9)16-21-17-12)22-13-14-7-3-1-2-4-8(7)15-13/h1-6H,(H,14,15). The Balaban J connectivity index is 1.80. The fraction of sp³-hybridized carbons (Fsp3) is 0. The number of benzene rings is 2. The largest absolute Gasteiger partial charge is 0.333 e. The number of aromatic amines is 1. The minimum absolute atomic E-state index is 0.131. The molecule has 2 heterocycles. The van der Waals surface area contributed by atoms with Gasteiger partial charge in [-0.05, 0) is 40.3 Å². The van der Waals surface area contributed by atoms with Crippen molar-refractivity contribution in [3.05, 3.63) is 46.5 Å². The molecule has 4 aromatic rings. The van der Waals surface area contributed by atoms with Crippen LogP contribution >= 0.6 is 11.8 Å². The quantitative estimate of drug-likeness (QED) is 0.456. The molecule has 0 bridgehead atoms. The van der Waals surface area contributed by atoms with Crippen LogP contribution in [0.1, 0.15) is 0 Å². The van der Waals surface area contributed by atoms with E-state index in [9.17, 15) is 10.1 Å². The molecule has 0 fully saturated rings. The summed E-state index contributed by atoms with van der Waals surface area (Å²) in [5, 5.41) is 19.0. The van der Waals surface area contributed by atoms with Crippen LogP contribution in [0.3, 0.4) is 0 Å². The van der Waals surface area contributed by atoms with Crippen molar-refractivity contribution in [2.24, 2.45) is 0 Å². The van der Waals surface area contributed by atoms with Gasteiger partial charge in [0, 0.05) is 11.0 Å². The van der Waals surface area contributed by atoms with E-state index in [0.29, 0.717) is 15.6 Å². The summed E-state index contributed by atoms with van der Waals surface area (Å²) in [6, 6.07) is 10.7. The van der Waals surface area contributed by atoms with Gasteiger partial charge in [-0.15, -0.1) is 0 Å². The first-order valence-electron chi connectivity index (χ1n) is 6.24. The van der Waals surface area contributed by atoms with Crippen molar-refractivity contribution in [2.75, 3.05) is 0 Å². The molecule has 4 rings (SSSR count). The molecule has 0 aliphatic rings. The van der Waals surface area contributed by atoms with Gasteiger partial charge in [0.1, 0.15) is 0 Å². The highest BCUT2D eigenvalue weighted by atomic mass is 32.2. The summed E-state index contributed by atoms with van der Waals surface area (Å²) < 4.78 is 4.64. The van der Waals surface area contributed by atoms with Gasteiger partial charge < -0.3 is 4.98 Å². The van der Waals surface area contributed by atoms with Crippen molar-refractivity contribution in [1.29, 1.82) is 0 Å². The van der Waals surface area contributed by atoms with Crippen molar-refractivity contribution in [2.45, 2.75) is 10.1 Å². The summed E-state index contributed by atoms with van der Waals surface area (Å²) in [6.45, 7) is 0. The molecule has 0 aliphatic carbocycles. The summed E-state index contributed by atoms with van der Waals surface area (Å²) in [5.74, 6) is 0. The van der Waals surface area contributed by atoms with E-state index in [-0.39, 0.29) is 11.2 Å². The lowest BCUT2D eigenvalue weighted by atomic mass is 10.3. The maximum atomic E-state index is 11.0. The third-order valence-corrected chi connectivity index (χ3v) is 4.06. The molecule has 0 saturated carbocycles. The number of hydrogen-bond acceptors (Lipinski definition) is 7. The maximum absolute atomic E-state index is 11.0. The highest BCUT2D eigenvalue weighted by molar-refractivity contribution is 7.99. The van der Waals surface area contributed by atoms with E-state index in [1.54, 1.807) is 6.07 Å². The normalized spacial score (nSPS) is 11.3. The SMILES string of the molecule is O=[N+]([O-])c1ccc(Sc2nc3ccccc3[nH]2)c2nonc12. The number of nitrogens with zero attached hydrogens (tertiary/aromatic N) is 4. The molecule has 8 nitrogen and oxygen atoms in total. The molecule has 0 aliphatic heterocycles. The van der Waals surface area contributed by atoms with Crippen LogP contribution in [-0.4, -0.2) is 25.2 Å². The van der Waals surface area contributed by atoms with Crippen LogP contribution in [0.4, 0.5) is 5.69 Å². The van der Waals surface area contributed by atoms with Gasteiger partial charge >= 0.3 is 5.69 Å². The van der Waals surface area contributed by atoms with Gasteiger partial charge in [-0.2, -0.15) is 0 Å². The third kappa shape index (κ3) is 1.99. The molecule has 0 spiro atoms. The van der Waals surface area contributed by atoms with Crippen LogP contribution in [0.25, 0.3) is 22.1 Å². The van der Waals surface area contributed by atoms with Crippen molar-refractivity contribution < 1.29 is 9.55 Å². The molecule has 0 radical (unpaired) electrons. The highest BCUT2D eigenvalue weighted by Gasteiger charge is 2.20. The van der Waals surface area contributed by atoms with Crippen LogP contribution in [0.15, 0.2) is 51.1 Å². The van der Waals surface area contributed by atoms with Crippen molar-refractivity contribution in [1.82, 2.24) is 20.3 Å². The van der Waals surface area contributed by atoms with Crippen LogP contribution in [0, 0.1) is 10.1 Å². The Morgan fingerprint density at radius 2 is 1.95 bits per heavy atom. The number of non-ortho nitro benzene ring substituents is 1. The van der Waals surface area contributed by atoms with Crippen molar-refractivity contribution >= 4 is 39.5 Å². The number of rotatable bonds is 3. The van der Waals surface area contributed by atoms with E-state index in [0.717, 1.165) is 11.0 Å². The second-order valence-electron chi connectivity index (χ2n) is 4.46. The van der Waals surface area contributed by atoms with Gasteiger partial charge in [0.25, 0.3) is 0 Å². The first-order chi connectivity index (χ1) is 10.7. The molecule has 22 heavy (non-hydrogen) atoms. The zero-order valence-electron chi connectivity index (χ0n) is 10.9. The van der Waals surface area contributed by atoms with E-state index >= 15 is 0 Å². The zero-order valence-corrected chi connectivity index (χ0v) is 11.7. The van der Waals surface area contributed by atoms with E-state index in [1.165, 1.54) is 17.8 Å². The van der Waals surface area contributed by atoms with Crippen LogP contribution in [-0.2, 0) is 0 Å². The van der Waals surface area contributed by atoms with E-state index in [4.69, 9.17) is 0 Å². The van der Waals surface area contributed by atoms with Crippen LogP contribution < -0.4 is 0 Å². The molecule has 1 N–H and O–H groups in total. The summed E-state index contributed by atoms with van der Waals surface area (Å²) in [6.07, 6.45) is 0. The van der Waals surface area contributed by atoms with Crippen molar-refractivity contribution in [3.8, 4) is 0 Å². The molecule has 0 amide bonds. The lowest BCUT2D eigenvalue weighted by Crippen LogP contribution is -1.90. The third-order valence-electron chi connectivity index (χ3n) is 3.13. The van der Waals surface area contributed by atoms with E-state index in [1.807, 2.05) is 24.3 Å². The van der Waals surface area contributed by atoms with Gasteiger partial charge in [-0.1, -0.05) is 12.1 Å². The lowest BCUT2D eigenvalue weighted by Gasteiger charge is -1.98. The average Bonchev–Trinajstić information content (AvgIpc) is 3.13. The van der Waals surface area contributed by atoms with Gasteiger partial charge in [0.2, 0.25) is 5.52 Å². The predicted molar refractivity (Wildman–Crippen MR) is 78.7 cm³/mol. The Labute approximate surface area is 126 Å². The Bertz CT molecular complexity index is 976. The number of hydrogen-bond donors (Lipinski definition) is 1. The summed E-state index contributed by atoms with van der Waals surface area (Å²) in [5.41, 5.74) is 2.11. The fourth-order valence-electron chi connectivity index (χ4n) is 2.14. The molecule has 0 unspecified atom stereocenters. The lowest BCUT2D eigenvalue weighted by molar-refractivity contribution is -0.383. The van der Waals surface area contributed by atoms with Gasteiger partial charge in [0.05, 0.1) is 16.0 Å². The number of nitro benzene ring substituents is 1. The predicted octanol–water partition coefficient (Wildman–Crippen LogP) is 3.16. The zero-order chi connectivity index (χ0) is 15.1. The topological polar surface area (TPSA) is 111 Å². The minimum atomic E-state index is -0.512. The Hall–Kier alpha value is -2.94. The van der Waals surface area contributed by atoms with Gasteiger partial charge in [0.15, 0.2) is 10.7 Å². The Morgan fingerprint density at radius 1 is 1.14 bits per heavy atom. The number of para-hydroxylation sites is 2. The molecular weight excluding hydrogens is 306 g/mol. The second-order valence-corrected chi connectivity index (χ2v) is 5.49. The number of H-pyrrole nitrogens is 1. The molecular formula is C13H7N5O3S. The highest BCUT2D eigenvalue weighted by Crippen LogP contribution is 2.35. The maximum Gasteiger partial charge on any atom is 0.300 e. The molecule has 2 aromatic heterocycles. The first-order valence-corrected chi connectivity index (χ1v) is 7.06. The first kappa shape index (κ1) is 12.8. The summed E-state index contributed by atoms with van der Waals surface area (Å²) in [4.78, 5) is 18.8. The molecule has 0 atom stereocenters. The molecule has 0 saturated heterocycles. The number of aromatic nitrogens is 4. The monoisotopic (exact) mass is 313 g/mol. The van der Waals surface area contributed by atoms with Gasteiger partial charge in [-0.3, -0.25) is 10.1 Å². The van der Waals surface area contributed by atoms with E-state index < -0.39 is 4.92 Å². The number of imidazole rings is 1. The molecule has 2 aromatic carbocycles. The Morgan fingerprint density at radius 3 is 2.77 bits per heavy atom. The summed E-state index contributed by atoms with van der Waals surface area (Å²) >= 11 is 1.32. The smallest absolute Gasteiger partial charge is 0.300 e. The number of fused-ring (bicyclic) bond motifs is 2. The number of nitrogens with one attached hydrogen (secondary N) is 1. The molecule has 108 valence electrons. The second kappa shape index (κ2) is 4.81. The Kier molecular flexibility index (Phi) is 2.79. The fourth-order valence-corrected chi connectivity index (χ4v) is 3.02. The van der Waals surface area contributed by atoms with Gasteiger partial charge in [-0.25, -0.2) is 9.61 Å². The van der Waals surface area contributed by atoms with E-state index in [2.05, 4.69) is 24.9 Å². The average molecular weight is 313 g/mol. The molecule has 9 heteroatoms. The van der Waals surface area contributed by atoms with Crippen LogP contribution in [0.5, 0.6) is 0 Å². The van der Waals surface area contributed by atoms with Crippen LogP contribution in [0.2, 0.25) is 0 Å².